The monoisotopic (exact) mass is 332 g/mol. The van der Waals surface area contributed by atoms with Crippen molar-refractivity contribution >= 4 is 17.8 Å². The summed E-state index contributed by atoms with van der Waals surface area (Å²) in [5.41, 5.74) is -0.695. The molecule has 3 fully saturated rings. The van der Waals surface area contributed by atoms with Gasteiger partial charge in [0, 0.05) is 19.3 Å². The fraction of sp³-hybridized carbons (Fsp3) is 0.588. The minimum absolute atomic E-state index is 0.0967. The molecule has 1 atom stereocenters. The van der Waals surface area contributed by atoms with Gasteiger partial charge in [-0.25, -0.2) is 14.2 Å². The molecule has 1 aromatic heterocycles. The molecule has 24 heavy (non-hydrogen) atoms. The first-order valence-electron chi connectivity index (χ1n) is 8.62. The highest BCUT2D eigenvalue weighted by Gasteiger charge is 2.54. The Labute approximate surface area is 140 Å². The van der Waals surface area contributed by atoms with Crippen molar-refractivity contribution in [2.24, 2.45) is 0 Å². The predicted octanol–water partition coefficient (Wildman–Crippen LogP) is 2.05. The van der Waals surface area contributed by atoms with E-state index < -0.39 is 5.54 Å². The first kappa shape index (κ1) is 15.4. The van der Waals surface area contributed by atoms with Crippen molar-refractivity contribution in [3.8, 4) is 0 Å². The lowest BCUT2D eigenvalue weighted by Crippen LogP contribution is -2.49. The van der Waals surface area contributed by atoms with Crippen molar-refractivity contribution in [3.05, 3.63) is 24.1 Å². The Morgan fingerprint density at radius 1 is 1.25 bits per heavy atom. The molecule has 2 aliphatic heterocycles. The topological polar surface area (TPSA) is 65.5 Å². The zero-order chi connectivity index (χ0) is 16.7. The molecule has 4 rings (SSSR count). The van der Waals surface area contributed by atoms with Gasteiger partial charge in [0.25, 0.3) is 5.91 Å². The fourth-order valence-electron chi connectivity index (χ4n) is 4.22. The van der Waals surface area contributed by atoms with Gasteiger partial charge in [-0.1, -0.05) is 19.3 Å². The summed E-state index contributed by atoms with van der Waals surface area (Å²) >= 11 is 0. The zero-order valence-electron chi connectivity index (χ0n) is 13.5. The first-order valence-corrected chi connectivity index (χ1v) is 8.62. The Kier molecular flexibility index (Phi) is 3.66. The van der Waals surface area contributed by atoms with Crippen molar-refractivity contribution in [1.82, 2.24) is 15.2 Å². The van der Waals surface area contributed by atoms with Crippen LogP contribution >= 0.6 is 0 Å². The summed E-state index contributed by atoms with van der Waals surface area (Å²) in [6.07, 6.45) is 6.69. The molecule has 1 saturated carbocycles. The normalized spacial score (nSPS) is 26.3. The van der Waals surface area contributed by atoms with E-state index in [2.05, 4.69) is 10.3 Å². The standard InChI is InChI=1S/C17H21FN4O2/c18-13-5-4-9-19-14(13)21-10-6-12(11-21)22-15(23)17(20-16(22)24)7-2-1-3-8-17/h4-5,9,12H,1-3,6-8,10-11H2,(H,20,24). The maximum atomic E-state index is 13.9. The van der Waals surface area contributed by atoms with Crippen molar-refractivity contribution in [1.29, 1.82) is 0 Å². The van der Waals surface area contributed by atoms with Crippen LogP contribution in [0.4, 0.5) is 15.0 Å². The van der Waals surface area contributed by atoms with Crippen LogP contribution in [-0.4, -0.2) is 46.5 Å². The molecular weight excluding hydrogens is 311 g/mol. The number of anilines is 1. The lowest BCUT2D eigenvalue weighted by Gasteiger charge is -2.31. The molecular formula is C17H21FN4O2. The SMILES string of the molecule is O=C1NC2(CCCCC2)C(=O)N1C1CCN(c2ncccc2F)C1. The Bertz CT molecular complexity index is 674. The van der Waals surface area contributed by atoms with E-state index in [1.807, 2.05) is 4.90 Å². The second kappa shape index (κ2) is 5.72. The van der Waals surface area contributed by atoms with Gasteiger partial charge in [0.1, 0.15) is 5.54 Å². The Hall–Kier alpha value is -2.18. The molecule has 1 aromatic rings. The van der Waals surface area contributed by atoms with Crippen molar-refractivity contribution < 1.29 is 14.0 Å². The van der Waals surface area contributed by atoms with E-state index in [1.165, 1.54) is 11.0 Å². The van der Waals surface area contributed by atoms with Crippen LogP contribution in [0.5, 0.6) is 0 Å². The Morgan fingerprint density at radius 3 is 2.79 bits per heavy atom. The number of hydrogen-bond donors (Lipinski definition) is 1. The molecule has 0 radical (unpaired) electrons. The summed E-state index contributed by atoms with van der Waals surface area (Å²) in [5, 5.41) is 2.94. The summed E-state index contributed by atoms with van der Waals surface area (Å²) in [6, 6.07) is 2.41. The third kappa shape index (κ3) is 2.34. The molecule has 0 aromatic carbocycles. The minimum Gasteiger partial charge on any atom is -0.352 e. The summed E-state index contributed by atoms with van der Waals surface area (Å²) in [7, 11) is 0. The van der Waals surface area contributed by atoms with E-state index in [-0.39, 0.29) is 23.8 Å². The second-order valence-corrected chi connectivity index (χ2v) is 6.95. The summed E-state index contributed by atoms with van der Waals surface area (Å²) < 4.78 is 13.9. The second-order valence-electron chi connectivity index (χ2n) is 6.95. The van der Waals surface area contributed by atoms with Crippen molar-refractivity contribution in [3.63, 3.8) is 0 Å². The third-order valence-corrected chi connectivity index (χ3v) is 5.47. The van der Waals surface area contributed by atoms with Gasteiger partial charge in [0.15, 0.2) is 11.6 Å². The number of imide groups is 1. The van der Waals surface area contributed by atoms with Gasteiger partial charge in [-0.2, -0.15) is 0 Å². The minimum atomic E-state index is -0.695. The lowest BCUT2D eigenvalue weighted by atomic mass is 9.81. The van der Waals surface area contributed by atoms with Gasteiger partial charge < -0.3 is 10.2 Å². The Balaban J connectivity index is 1.52. The number of pyridine rings is 1. The van der Waals surface area contributed by atoms with Crippen LogP contribution in [0.25, 0.3) is 0 Å². The van der Waals surface area contributed by atoms with Crippen LogP contribution in [0.2, 0.25) is 0 Å². The largest absolute Gasteiger partial charge is 0.352 e. The highest BCUT2D eigenvalue weighted by atomic mass is 19.1. The molecule has 7 heteroatoms. The van der Waals surface area contributed by atoms with Crippen LogP contribution in [0.1, 0.15) is 38.5 Å². The number of carbonyl (C=O) groups is 2. The van der Waals surface area contributed by atoms with Gasteiger partial charge >= 0.3 is 6.03 Å². The molecule has 3 heterocycles. The summed E-state index contributed by atoms with van der Waals surface area (Å²) in [4.78, 5) is 32.6. The van der Waals surface area contributed by atoms with E-state index in [9.17, 15) is 14.0 Å². The van der Waals surface area contributed by atoms with Crippen LogP contribution in [-0.2, 0) is 4.79 Å². The number of aromatic nitrogens is 1. The first-order chi connectivity index (χ1) is 11.6. The highest BCUT2D eigenvalue weighted by Crippen LogP contribution is 2.36. The number of nitrogens with one attached hydrogen (secondary N) is 1. The lowest BCUT2D eigenvalue weighted by molar-refractivity contribution is -0.133. The van der Waals surface area contributed by atoms with E-state index >= 15 is 0 Å². The van der Waals surface area contributed by atoms with Gasteiger partial charge in [0.2, 0.25) is 0 Å². The smallest absolute Gasteiger partial charge is 0.325 e. The van der Waals surface area contributed by atoms with Crippen LogP contribution in [0.3, 0.4) is 0 Å². The number of nitrogens with zero attached hydrogens (tertiary/aromatic N) is 3. The third-order valence-electron chi connectivity index (χ3n) is 5.47. The number of amides is 3. The van der Waals surface area contributed by atoms with E-state index in [0.29, 0.717) is 25.3 Å². The molecule has 1 spiro atoms. The average Bonchev–Trinajstić information content (AvgIpc) is 3.13. The fourth-order valence-corrected chi connectivity index (χ4v) is 4.22. The zero-order valence-corrected chi connectivity index (χ0v) is 13.5. The van der Waals surface area contributed by atoms with Gasteiger partial charge in [-0.15, -0.1) is 0 Å². The van der Waals surface area contributed by atoms with Gasteiger partial charge in [-0.05, 0) is 31.4 Å². The number of carbonyl (C=O) groups excluding carboxylic acids is 2. The summed E-state index contributed by atoms with van der Waals surface area (Å²) in [5.74, 6) is -0.181. The molecule has 6 nitrogen and oxygen atoms in total. The predicted molar refractivity (Wildman–Crippen MR) is 86.0 cm³/mol. The molecule has 3 aliphatic rings. The molecule has 128 valence electrons. The average molecular weight is 332 g/mol. The molecule has 0 bridgehead atoms. The van der Waals surface area contributed by atoms with Crippen molar-refractivity contribution in [2.75, 3.05) is 18.0 Å². The quantitative estimate of drug-likeness (QED) is 0.842. The molecule has 3 amide bonds. The van der Waals surface area contributed by atoms with Crippen molar-refractivity contribution in [2.45, 2.75) is 50.1 Å². The Morgan fingerprint density at radius 2 is 2.04 bits per heavy atom. The van der Waals surface area contributed by atoms with E-state index in [0.717, 1.165) is 32.1 Å². The van der Waals surface area contributed by atoms with Gasteiger partial charge in [0.05, 0.1) is 6.04 Å². The maximum Gasteiger partial charge on any atom is 0.325 e. The number of urea groups is 1. The van der Waals surface area contributed by atoms with Gasteiger partial charge in [-0.3, -0.25) is 9.69 Å². The maximum absolute atomic E-state index is 13.9. The molecule has 1 unspecified atom stereocenters. The number of hydrogen-bond acceptors (Lipinski definition) is 4. The highest BCUT2D eigenvalue weighted by molar-refractivity contribution is 6.07. The summed E-state index contributed by atoms with van der Waals surface area (Å²) in [6.45, 7) is 1.02. The molecule has 2 saturated heterocycles. The molecule has 1 aliphatic carbocycles. The number of rotatable bonds is 2. The molecule has 1 N–H and O–H groups in total. The van der Waals surface area contributed by atoms with Crippen LogP contribution in [0.15, 0.2) is 18.3 Å². The van der Waals surface area contributed by atoms with E-state index in [1.54, 1.807) is 12.3 Å². The number of halogens is 1. The van der Waals surface area contributed by atoms with E-state index in [4.69, 9.17) is 0 Å². The van der Waals surface area contributed by atoms with Crippen LogP contribution < -0.4 is 10.2 Å². The van der Waals surface area contributed by atoms with Crippen LogP contribution in [0, 0.1) is 5.82 Å².